The van der Waals surface area contributed by atoms with Gasteiger partial charge in [0.2, 0.25) is 0 Å². The van der Waals surface area contributed by atoms with Crippen LogP contribution in [0.15, 0.2) is 34.9 Å². The van der Waals surface area contributed by atoms with Crippen molar-refractivity contribution in [3.63, 3.8) is 0 Å². The average Bonchev–Trinajstić information content (AvgIpc) is 2.39. The van der Waals surface area contributed by atoms with Crippen molar-refractivity contribution in [2.75, 3.05) is 0 Å². The lowest BCUT2D eigenvalue weighted by Crippen LogP contribution is -2.00. The molecule has 3 nitrogen and oxygen atoms in total. The van der Waals surface area contributed by atoms with Gasteiger partial charge in [0.15, 0.2) is 0 Å². The van der Waals surface area contributed by atoms with Crippen LogP contribution in [0.2, 0.25) is 0 Å². The smallest absolute Gasteiger partial charge is 0.132 e. The normalized spacial score (nSPS) is 10.5. The molecule has 0 aliphatic heterocycles. The highest BCUT2D eigenvalue weighted by molar-refractivity contribution is 9.10. The quantitative estimate of drug-likeness (QED) is 0.864. The Bertz CT molecular complexity index is 616. The standard InChI is InChI=1S/C14H12BrFN2O/c1-9(19)2-5-14-17-7-6-13(18-14)11-8-10(15)3-4-12(11)16/h3-4,6-8H,2,5H2,1H3. The van der Waals surface area contributed by atoms with E-state index < -0.39 is 0 Å². The summed E-state index contributed by atoms with van der Waals surface area (Å²) in [6.45, 7) is 1.53. The molecule has 0 unspecified atom stereocenters. The first-order valence-corrected chi connectivity index (χ1v) is 6.62. The van der Waals surface area contributed by atoms with Crippen LogP contribution >= 0.6 is 15.9 Å². The molecule has 0 radical (unpaired) electrons. The van der Waals surface area contributed by atoms with E-state index in [4.69, 9.17) is 0 Å². The second-order valence-corrected chi connectivity index (χ2v) is 5.10. The second-order valence-electron chi connectivity index (χ2n) is 4.18. The van der Waals surface area contributed by atoms with Gasteiger partial charge in [0.05, 0.1) is 5.69 Å². The number of Topliss-reactive ketones (excluding diaryl/α,β-unsaturated/α-hetero) is 1. The first-order chi connectivity index (χ1) is 9.06. The van der Waals surface area contributed by atoms with Gasteiger partial charge in [-0.3, -0.25) is 0 Å². The fourth-order valence-electron chi connectivity index (χ4n) is 1.65. The Morgan fingerprint density at radius 1 is 1.37 bits per heavy atom. The van der Waals surface area contributed by atoms with Gasteiger partial charge in [0.1, 0.15) is 17.4 Å². The number of aryl methyl sites for hydroxylation is 1. The van der Waals surface area contributed by atoms with Gasteiger partial charge < -0.3 is 4.79 Å². The van der Waals surface area contributed by atoms with E-state index in [1.165, 1.54) is 13.0 Å². The van der Waals surface area contributed by atoms with Gasteiger partial charge in [-0.15, -0.1) is 0 Å². The summed E-state index contributed by atoms with van der Waals surface area (Å²) in [4.78, 5) is 19.3. The van der Waals surface area contributed by atoms with Crippen molar-refractivity contribution in [3.8, 4) is 11.3 Å². The fourth-order valence-corrected chi connectivity index (χ4v) is 2.01. The summed E-state index contributed by atoms with van der Waals surface area (Å²) in [5, 5.41) is 0. The maximum absolute atomic E-state index is 13.8. The molecule has 2 aromatic rings. The largest absolute Gasteiger partial charge is 0.300 e. The zero-order chi connectivity index (χ0) is 13.8. The van der Waals surface area contributed by atoms with E-state index in [0.717, 1.165) is 4.47 Å². The van der Waals surface area contributed by atoms with Crippen LogP contribution in [0.1, 0.15) is 19.2 Å². The third-order valence-corrected chi connectivity index (χ3v) is 3.10. The minimum Gasteiger partial charge on any atom is -0.300 e. The van der Waals surface area contributed by atoms with Gasteiger partial charge in [-0.2, -0.15) is 0 Å². The molecule has 98 valence electrons. The van der Waals surface area contributed by atoms with Gasteiger partial charge >= 0.3 is 0 Å². The summed E-state index contributed by atoms with van der Waals surface area (Å²) >= 11 is 3.31. The third kappa shape index (κ3) is 3.67. The van der Waals surface area contributed by atoms with Gasteiger partial charge in [0.25, 0.3) is 0 Å². The molecule has 1 aromatic heterocycles. The maximum Gasteiger partial charge on any atom is 0.132 e. The number of aromatic nitrogens is 2. The fraction of sp³-hybridized carbons (Fsp3) is 0.214. The Morgan fingerprint density at radius 3 is 2.89 bits per heavy atom. The van der Waals surface area contributed by atoms with E-state index in [1.807, 2.05) is 0 Å². The predicted molar refractivity (Wildman–Crippen MR) is 74.1 cm³/mol. The molecule has 0 bridgehead atoms. The number of hydrogen-bond donors (Lipinski definition) is 0. The Labute approximate surface area is 119 Å². The highest BCUT2D eigenvalue weighted by Gasteiger charge is 2.09. The van der Waals surface area contributed by atoms with E-state index in [-0.39, 0.29) is 11.6 Å². The van der Waals surface area contributed by atoms with Crippen LogP contribution in [0.5, 0.6) is 0 Å². The number of ketones is 1. The molecule has 0 saturated heterocycles. The van der Waals surface area contributed by atoms with Crippen LogP contribution in [-0.2, 0) is 11.2 Å². The average molecular weight is 323 g/mol. The zero-order valence-corrected chi connectivity index (χ0v) is 11.9. The molecule has 0 atom stereocenters. The summed E-state index contributed by atoms with van der Waals surface area (Å²) in [5.74, 6) is 0.300. The third-order valence-electron chi connectivity index (χ3n) is 2.61. The Hall–Kier alpha value is -1.62. The highest BCUT2D eigenvalue weighted by atomic mass is 79.9. The number of benzene rings is 1. The van der Waals surface area contributed by atoms with Crippen molar-refractivity contribution in [2.24, 2.45) is 0 Å². The molecule has 0 aliphatic carbocycles. The first kappa shape index (κ1) is 13.8. The lowest BCUT2D eigenvalue weighted by atomic mass is 10.1. The SMILES string of the molecule is CC(=O)CCc1nccc(-c2cc(Br)ccc2F)n1. The summed E-state index contributed by atoms with van der Waals surface area (Å²) in [5.41, 5.74) is 0.938. The molecule has 0 saturated carbocycles. The lowest BCUT2D eigenvalue weighted by Gasteiger charge is -2.05. The molecule has 0 spiro atoms. The van der Waals surface area contributed by atoms with Crippen molar-refractivity contribution < 1.29 is 9.18 Å². The molecule has 2 rings (SSSR count). The molecular weight excluding hydrogens is 311 g/mol. The van der Waals surface area contributed by atoms with Crippen molar-refractivity contribution in [3.05, 3.63) is 46.6 Å². The van der Waals surface area contributed by atoms with Crippen molar-refractivity contribution in [2.45, 2.75) is 19.8 Å². The van der Waals surface area contributed by atoms with Crippen molar-refractivity contribution in [1.29, 1.82) is 0 Å². The van der Waals surface area contributed by atoms with E-state index in [9.17, 15) is 9.18 Å². The van der Waals surface area contributed by atoms with Crippen LogP contribution in [0.4, 0.5) is 4.39 Å². The molecule has 1 aromatic carbocycles. The lowest BCUT2D eigenvalue weighted by molar-refractivity contribution is -0.117. The number of carbonyl (C=O) groups is 1. The molecule has 1 heterocycles. The Morgan fingerprint density at radius 2 is 2.16 bits per heavy atom. The van der Waals surface area contributed by atoms with E-state index >= 15 is 0 Å². The monoisotopic (exact) mass is 322 g/mol. The number of hydrogen-bond acceptors (Lipinski definition) is 3. The van der Waals surface area contributed by atoms with E-state index in [1.54, 1.807) is 24.4 Å². The number of halogens is 2. The molecule has 0 N–H and O–H groups in total. The predicted octanol–water partition coefficient (Wildman–Crippen LogP) is 3.57. The Balaban J connectivity index is 2.32. The van der Waals surface area contributed by atoms with E-state index in [0.29, 0.717) is 29.9 Å². The molecule has 0 fully saturated rings. The number of nitrogens with zero attached hydrogens (tertiary/aromatic N) is 2. The van der Waals surface area contributed by atoms with Crippen molar-refractivity contribution in [1.82, 2.24) is 9.97 Å². The summed E-state index contributed by atoms with van der Waals surface area (Å²) in [6.07, 6.45) is 2.45. The highest BCUT2D eigenvalue weighted by Crippen LogP contribution is 2.24. The van der Waals surface area contributed by atoms with Gasteiger partial charge in [0, 0.05) is 29.1 Å². The van der Waals surface area contributed by atoms with Crippen LogP contribution in [0.25, 0.3) is 11.3 Å². The second kappa shape index (κ2) is 6.02. The topological polar surface area (TPSA) is 42.9 Å². The molecule has 0 aliphatic rings. The summed E-state index contributed by atoms with van der Waals surface area (Å²) in [6, 6.07) is 6.35. The van der Waals surface area contributed by atoms with E-state index in [2.05, 4.69) is 25.9 Å². The summed E-state index contributed by atoms with van der Waals surface area (Å²) < 4.78 is 14.6. The van der Waals surface area contributed by atoms with Crippen molar-refractivity contribution >= 4 is 21.7 Å². The van der Waals surface area contributed by atoms with Gasteiger partial charge in [-0.1, -0.05) is 15.9 Å². The van der Waals surface area contributed by atoms with Crippen LogP contribution < -0.4 is 0 Å². The van der Waals surface area contributed by atoms with Gasteiger partial charge in [-0.05, 0) is 31.2 Å². The van der Waals surface area contributed by atoms with Crippen LogP contribution in [0.3, 0.4) is 0 Å². The van der Waals surface area contributed by atoms with Gasteiger partial charge in [-0.25, -0.2) is 14.4 Å². The first-order valence-electron chi connectivity index (χ1n) is 5.83. The zero-order valence-electron chi connectivity index (χ0n) is 10.4. The maximum atomic E-state index is 13.8. The Kier molecular flexibility index (Phi) is 4.37. The molecule has 0 amide bonds. The van der Waals surface area contributed by atoms with Crippen LogP contribution in [-0.4, -0.2) is 15.8 Å². The number of carbonyl (C=O) groups excluding carboxylic acids is 1. The molecule has 5 heteroatoms. The van der Waals surface area contributed by atoms with Crippen LogP contribution in [0, 0.1) is 5.82 Å². The minimum absolute atomic E-state index is 0.0858. The number of rotatable bonds is 4. The summed E-state index contributed by atoms with van der Waals surface area (Å²) in [7, 11) is 0. The minimum atomic E-state index is -0.334. The molecule has 19 heavy (non-hydrogen) atoms. The molecular formula is C14H12BrFN2O.